The van der Waals surface area contributed by atoms with Crippen molar-refractivity contribution < 1.29 is 9.47 Å². The van der Waals surface area contributed by atoms with Gasteiger partial charge in [0.25, 0.3) is 0 Å². The number of rotatable bonds is 7. The fourth-order valence-corrected chi connectivity index (χ4v) is 2.32. The summed E-state index contributed by atoms with van der Waals surface area (Å²) in [4.78, 5) is 4.25. The second-order valence-electron chi connectivity index (χ2n) is 5.20. The van der Waals surface area contributed by atoms with Crippen molar-refractivity contribution in [1.82, 2.24) is 14.8 Å². The van der Waals surface area contributed by atoms with E-state index in [0.29, 0.717) is 25.0 Å². The number of ether oxygens (including phenoxy) is 2. The Balaban J connectivity index is 1.69. The van der Waals surface area contributed by atoms with Crippen molar-refractivity contribution in [1.29, 1.82) is 0 Å². The van der Waals surface area contributed by atoms with Gasteiger partial charge in [0.05, 0.1) is 17.3 Å². The van der Waals surface area contributed by atoms with Crippen molar-refractivity contribution in [2.75, 3.05) is 12.5 Å². The second-order valence-corrected chi connectivity index (χ2v) is 5.57. The Morgan fingerprint density at radius 3 is 2.79 bits per heavy atom. The molecule has 0 N–H and O–H groups in total. The molecular formula is C18H18ClN3O2. The minimum absolute atomic E-state index is 0.439. The molecule has 0 radical (unpaired) electrons. The van der Waals surface area contributed by atoms with Gasteiger partial charge >= 0.3 is 0 Å². The van der Waals surface area contributed by atoms with Crippen molar-refractivity contribution in [3.05, 3.63) is 66.1 Å². The summed E-state index contributed by atoms with van der Waals surface area (Å²) in [5, 5.41) is 4.37. The Bertz CT molecular complexity index is 790. The van der Waals surface area contributed by atoms with E-state index in [9.17, 15) is 0 Å². The van der Waals surface area contributed by atoms with E-state index in [1.807, 2.05) is 55.6 Å². The Morgan fingerprint density at radius 1 is 1.12 bits per heavy atom. The van der Waals surface area contributed by atoms with Crippen LogP contribution in [0.1, 0.15) is 11.3 Å². The molecule has 0 bridgehead atoms. The van der Waals surface area contributed by atoms with Gasteiger partial charge in [0, 0.05) is 18.5 Å². The maximum Gasteiger partial charge on any atom is 0.233 e. The molecule has 1 aromatic carbocycles. The normalized spacial score (nSPS) is 10.6. The number of hydrogen-bond acceptors (Lipinski definition) is 4. The molecular weight excluding hydrogens is 326 g/mol. The maximum atomic E-state index is 5.84. The Kier molecular flexibility index (Phi) is 5.33. The molecule has 3 aromatic rings. The quantitative estimate of drug-likeness (QED) is 0.613. The fraction of sp³-hybridized carbons (Fsp3) is 0.222. The van der Waals surface area contributed by atoms with E-state index in [1.54, 1.807) is 10.9 Å². The van der Waals surface area contributed by atoms with Crippen LogP contribution in [-0.2, 0) is 6.61 Å². The van der Waals surface area contributed by atoms with Crippen molar-refractivity contribution >= 4 is 11.6 Å². The lowest BCUT2D eigenvalue weighted by Gasteiger charge is -2.10. The molecule has 2 heterocycles. The van der Waals surface area contributed by atoms with Crippen LogP contribution in [0.2, 0.25) is 0 Å². The molecule has 0 saturated heterocycles. The predicted octanol–water partition coefficient (Wildman–Crippen LogP) is 3.77. The summed E-state index contributed by atoms with van der Waals surface area (Å²) in [5.41, 5.74) is 2.87. The second kappa shape index (κ2) is 7.84. The van der Waals surface area contributed by atoms with Crippen molar-refractivity contribution in [2.45, 2.75) is 13.5 Å². The summed E-state index contributed by atoms with van der Waals surface area (Å²) in [6, 6.07) is 13.5. The topological polar surface area (TPSA) is 49.2 Å². The third-order valence-electron chi connectivity index (χ3n) is 3.42. The molecule has 6 heteroatoms. The van der Waals surface area contributed by atoms with E-state index in [1.165, 1.54) is 0 Å². The van der Waals surface area contributed by atoms with Crippen molar-refractivity contribution in [2.24, 2.45) is 0 Å². The molecule has 0 unspecified atom stereocenters. The highest BCUT2D eigenvalue weighted by Crippen LogP contribution is 2.22. The third-order valence-corrected chi connectivity index (χ3v) is 3.57. The number of aryl methyl sites for hydroxylation is 1. The number of pyridine rings is 1. The summed E-state index contributed by atoms with van der Waals surface area (Å²) >= 11 is 5.61. The average molecular weight is 344 g/mol. The van der Waals surface area contributed by atoms with Gasteiger partial charge in [0.15, 0.2) is 0 Å². The lowest BCUT2D eigenvalue weighted by molar-refractivity contribution is 0.299. The molecule has 0 atom stereocenters. The van der Waals surface area contributed by atoms with E-state index in [2.05, 4.69) is 10.1 Å². The molecule has 2 aromatic heterocycles. The molecule has 24 heavy (non-hydrogen) atoms. The van der Waals surface area contributed by atoms with E-state index in [4.69, 9.17) is 21.1 Å². The first-order chi connectivity index (χ1) is 11.8. The van der Waals surface area contributed by atoms with Gasteiger partial charge < -0.3 is 9.47 Å². The SMILES string of the molecule is Cc1cc(-n2ccc(OCCCl)n2)ccc1OCc1ccccn1. The lowest BCUT2D eigenvalue weighted by atomic mass is 10.2. The molecule has 0 aliphatic rings. The van der Waals surface area contributed by atoms with Crippen LogP contribution in [0.3, 0.4) is 0 Å². The van der Waals surface area contributed by atoms with Crippen LogP contribution < -0.4 is 9.47 Å². The molecule has 0 fully saturated rings. The fourth-order valence-electron chi connectivity index (χ4n) is 2.24. The maximum absolute atomic E-state index is 5.84. The van der Waals surface area contributed by atoms with Crippen molar-refractivity contribution in [3.8, 4) is 17.3 Å². The van der Waals surface area contributed by atoms with Crippen LogP contribution in [0, 0.1) is 6.92 Å². The van der Waals surface area contributed by atoms with Crippen LogP contribution in [0.5, 0.6) is 11.6 Å². The van der Waals surface area contributed by atoms with Crippen LogP contribution in [0.4, 0.5) is 0 Å². The van der Waals surface area contributed by atoms with Gasteiger partial charge in [0.2, 0.25) is 5.88 Å². The molecule has 0 amide bonds. The van der Waals surface area contributed by atoms with Crippen LogP contribution in [0.25, 0.3) is 5.69 Å². The van der Waals surface area contributed by atoms with Gasteiger partial charge in [-0.15, -0.1) is 16.7 Å². The highest BCUT2D eigenvalue weighted by molar-refractivity contribution is 6.17. The number of hydrogen-bond donors (Lipinski definition) is 0. The van der Waals surface area contributed by atoms with Crippen LogP contribution >= 0.6 is 11.6 Å². The van der Waals surface area contributed by atoms with Gasteiger partial charge in [-0.25, -0.2) is 4.68 Å². The number of alkyl halides is 1. The van der Waals surface area contributed by atoms with E-state index in [0.717, 1.165) is 22.7 Å². The lowest BCUT2D eigenvalue weighted by Crippen LogP contribution is -2.02. The summed E-state index contributed by atoms with van der Waals surface area (Å²) in [6.07, 6.45) is 3.61. The summed E-state index contributed by atoms with van der Waals surface area (Å²) in [6.45, 7) is 2.89. The highest BCUT2D eigenvalue weighted by atomic mass is 35.5. The molecule has 0 aliphatic carbocycles. The minimum atomic E-state index is 0.439. The average Bonchev–Trinajstić information content (AvgIpc) is 3.09. The van der Waals surface area contributed by atoms with Crippen molar-refractivity contribution in [3.63, 3.8) is 0 Å². The number of benzene rings is 1. The predicted molar refractivity (Wildman–Crippen MR) is 93.1 cm³/mol. The van der Waals surface area contributed by atoms with E-state index < -0.39 is 0 Å². The zero-order chi connectivity index (χ0) is 16.8. The largest absolute Gasteiger partial charge is 0.487 e. The third kappa shape index (κ3) is 4.06. The molecule has 0 spiro atoms. The van der Waals surface area contributed by atoms with Gasteiger partial charge in [0.1, 0.15) is 19.0 Å². The standard InChI is InChI=1S/C18H18ClN3O2/c1-14-12-16(22-10-7-18(21-22)23-11-8-19)5-6-17(14)24-13-15-4-2-3-9-20-15/h2-7,9-10,12H,8,11,13H2,1H3. The minimum Gasteiger partial charge on any atom is -0.487 e. The number of aromatic nitrogens is 3. The van der Waals surface area contributed by atoms with Gasteiger partial charge in [-0.3, -0.25) is 4.98 Å². The van der Waals surface area contributed by atoms with Gasteiger partial charge in [-0.2, -0.15) is 0 Å². The first kappa shape index (κ1) is 16.3. The summed E-state index contributed by atoms with van der Waals surface area (Å²) < 4.78 is 13.0. The molecule has 5 nitrogen and oxygen atoms in total. The number of halogens is 1. The number of nitrogens with zero attached hydrogens (tertiary/aromatic N) is 3. The Morgan fingerprint density at radius 2 is 2.04 bits per heavy atom. The van der Waals surface area contributed by atoms with E-state index in [-0.39, 0.29) is 0 Å². The Labute approximate surface area is 145 Å². The van der Waals surface area contributed by atoms with Crippen LogP contribution in [0.15, 0.2) is 54.9 Å². The highest BCUT2D eigenvalue weighted by Gasteiger charge is 2.06. The smallest absolute Gasteiger partial charge is 0.233 e. The first-order valence-electron chi connectivity index (χ1n) is 7.64. The monoisotopic (exact) mass is 343 g/mol. The first-order valence-corrected chi connectivity index (χ1v) is 8.18. The molecule has 3 rings (SSSR count). The van der Waals surface area contributed by atoms with Gasteiger partial charge in [-0.05, 0) is 42.8 Å². The Hall–Kier alpha value is -2.53. The molecule has 0 aliphatic heterocycles. The molecule has 124 valence electrons. The molecule has 0 saturated carbocycles. The van der Waals surface area contributed by atoms with E-state index >= 15 is 0 Å². The summed E-state index contributed by atoms with van der Waals surface area (Å²) in [5.74, 6) is 1.83. The zero-order valence-electron chi connectivity index (χ0n) is 13.4. The summed E-state index contributed by atoms with van der Waals surface area (Å²) in [7, 11) is 0. The van der Waals surface area contributed by atoms with Gasteiger partial charge in [-0.1, -0.05) is 6.07 Å². The zero-order valence-corrected chi connectivity index (χ0v) is 14.1. The van der Waals surface area contributed by atoms with Crippen LogP contribution in [-0.4, -0.2) is 27.3 Å².